The van der Waals surface area contributed by atoms with Crippen LogP contribution in [-0.4, -0.2) is 80.0 Å². The van der Waals surface area contributed by atoms with Crippen LogP contribution in [0.15, 0.2) is 0 Å². The molecule has 0 aromatic rings. The van der Waals surface area contributed by atoms with Crippen molar-refractivity contribution < 1.29 is 14.4 Å². The summed E-state index contributed by atoms with van der Waals surface area (Å²) in [6, 6.07) is -0.864. The van der Waals surface area contributed by atoms with Crippen molar-refractivity contribution in [3.63, 3.8) is 0 Å². The first-order valence-corrected chi connectivity index (χ1v) is 8.23. The van der Waals surface area contributed by atoms with Crippen LogP contribution in [0, 0.1) is 0 Å². The van der Waals surface area contributed by atoms with E-state index < -0.39 is 6.03 Å². The Hall–Kier alpha value is -1.67. The van der Waals surface area contributed by atoms with Gasteiger partial charge in [0.05, 0.1) is 12.6 Å². The summed E-state index contributed by atoms with van der Waals surface area (Å²) in [6.07, 6.45) is 2.06. The summed E-state index contributed by atoms with van der Waals surface area (Å²) in [5.41, 5.74) is 0. The Kier molecular flexibility index (Phi) is 8.57. The van der Waals surface area contributed by atoms with Crippen LogP contribution in [-0.2, 0) is 9.59 Å². The molecule has 0 spiro atoms. The predicted octanol–water partition coefficient (Wildman–Crippen LogP) is -0.636. The highest BCUT2D eigenvalue weighted by Crippen LogP contribution is 2.06. The molecule has 0 aromatic carbocycles. The molecular formula is C15H29N5O3. The maximum atomic E-state index is 11.9. The van der Waals surface area contributed by atoms with E-state index in [-0.39, 0.29) is 17.9 Å². The quantitative estimate of drug-likeness (QED) is 0.541. The monoisotopic (exact) mass is 327 g/mol. The molecule has 8 heteroatoms. The van der Waals surface area contributed by atoms with Gasteiger partial charge in [0.25, 0.3) is 0 Å². The molecule has 23 heavy (non-hydrogen) atoms. The van der Waals surface area contributed by atoms with Gasteiger partial charge >= 0.3 is 6.03 Å². The molecule has 1 aliphatic rings. The van der Waals surface area contributed by atoms with Crippen molar-refractivity contribution in [2.75, 3.05) is 46.3 Å². The minimum Gasteiger partial charge on any atom is -0.355 e. The summed E-state index contributed by atoms with van der Waals surface area (Å²) in [5, 5.41) is 7.56. The molecule has 1 fully saturated rings. The lowest BCUT2D eigenvalue weighted by molar-refractivity contribution is -0.127. The Morgan fingerprint density at radius 2 is 1.78 bits per heavy atom. The Balaban J connectivity index is 2.30. The van der Waals surface area contributed by atoms with Crippen LogP contribution in [0.1, 0.15) is 26.7 Å². The van der Waals surface area contributed by atoms with Crippen molar-refractivity contribution in [2.24, 2.45) is 0 Å². The number of hydrogen-bond donors (Lipinski definition) is 3. The van der Waals surface area contributed by atoms with Gasteiger partial charge < -0.3 is 10.6 Å². The zero-order chi connectivity index (χ0) is 17.2. The van der Waals surface area contributed by atoms with Crippen LogP contribution in [0.5, 0.6) is 0 Å². The summed E-state index contributed by atoms with van der Waals surface area (Å²) < 4.78 is 0. The van der Waals surface area contributed by atoms with Crippen LogP contribution < -0.4 is 16.0 Å². The van der Waals surface area contributed by atoms with Crippen LogP contribution in [0.3, 0.4) is 0 Å². The molecule has 0 bridgehead atoms. The van der Waals surface area contributed by atoms with E-state index in [0.29, 0.717) is 19.6 Å². The average Bonchev–Trinajstić information content (AvgIpc) is 2.55. The van der Waals surface area contributed by atoms with Crippen molar-refractivity contribution in [2.45, 2.75) is 32.7 Å². The van der Waals surface area contributed by atoms with Gasteiger partial charge in [-0.2, -0.15) is 0 Å². The second kappa shape index (κ2) is 10.2. The van der Waals surface area contributed by atoms with E-state index in [1.165, 1.54) is 7.05 Å². The molecular weight excluding hydrogens is 298 g/mol. The average molecular weight is 327 g/mol. The highest BCUT2D eigenvalue weighted by atomic mass is 16.2. The van der Waals surface area contributed by atoms with E-state index in [1.54, 1.807) is 6.92 Å². The Labute approximate surface area is 137 Å². The summed E-state index contributed by atoms with van der Waals surface area (Å²) in [4.78, 5) is 39.0. The fraction of sp³-hybridized carbons (Fsp3) is 0.800. The minimum absolute atomic E-state index is 0.0531. The molecule has 0 unspecified atom stereocenters. The first kappa shape index (κ1) is 19.4. The number of carbonyl (C=O) groups is 3. The number of urea groups is 1. The van der Waals surface area contributed by atoms with Crippen LogP contribution in [0.2, 0.25) is 0 Å². The zero-order valence-corrected chi connectivity index (χ0v) is 14.4. The second-order valence-corrected chi connectivity index (χ2v) is 5.76. The van der Waals surface area contributed by atoms with Crippen molar-refractivity contribution >= 4 is 17.8 Å². The van der Waals surface area contributed by atoms with Crippen LogP contribution in [0.4, 0.5) is 4.79 Å². The Bertz CT molecular complexity index is 408. The standard InChI is InChI=1S/C15H29N5O3/c1-4-5-6-17-13(21)11-19-7-9-20(10-8-19)12(2)14(22)18-15(23)16-3/h12H,4-11H2,1-3H3,(H,17,21)(H2,16,18,22,23)/t12-/m1/s1. The van der Waals surface area contributed by atoms with E-state index >= 15 is 0 Å². The van der Waals surface area contributed by atoms with Gasteiger partial charge in [0.1, 0.15) is 0 Å². The summed E-state index contributed by atoms with van der Waals surface area (Å²) in [7, 11) is 1.47. The van der Waals surface area contributed by atoms with Crippen molar-refractivity contribution in [3.8, 4) is 0 Å². The lowest BCUT2D eigenvalue weighted by Gasteiger charge is -2.36. The topological polar surface area (TPSA) is 93.8 Å². The molecule has 1 rings (SSSR count). The van der Waals surface area contributed by atoms with E-state index in [4.69, 9.17) is 0 Å². The first-order valence-electron chi connectivity index (χ1n) is 8.23. The number of rotatable bonds is 7. The number of carbonyl (C=O) groups excluding carboxylic acids is 3. The number of nitrogens with zero attached hydrogens (tertiary/aromatic N) is 2. The fourth-order valence-electron chi connectivity index (χ4n) is 2.42. The molecule has 1 saturated heterocycles. The third kappa shape index (κ3) is 6.96. The van der Waals surface area contributed by atoms with Crippen LogP contribution >= 0.6 is 0 Å². The molecule has 0 saturated carbocycles. The summed E-state index contributed by atoms with van der Waals surface area (Å²) in [5.74, 6) is -0.257. The Morgan fingerprint density at radius 3 is 2.35 bits per heavy atom. The van der Waals surface area contributed by atoms with Gasteiger partial charge in [0.2, 0.25) is 11.8 Å². The third-order valence-corrected chi connectivity index (χ3v) is 4.02. The fourth-order valence-corrected chi connectivity index (χ4v) is 2.42. The molecule has 4 amide bonds. The van der Waals surface area contributed by atoms with Crippen LogP contribution in [0.25, 0.3) is 0 Å². The third-order valence-electron chi connectivity index (χ3n) is 4.02. The molecule has 0 aromatic heterocycles. The number of imide groups is 1. The lowest BCUT2D eigenvalue weighted by Crippen LogP contribution is -2.56. The van der Waals surface area contributed by atoms with Gasteiger partial charge in [-0.25, -0.2) is 4.79 Å². The van der Waals surface area contributed by atoms with E-state index in [2.05, 4.69) is 27.8 Å². The highest BCUT2D eigenvalue weighted by Gasteiger charge is 2.26. The minimum atomic E-state index is -0.496. The highest BCUT2D eigenvalue weighted by molar-refractivity contribution is 5.96. The second-order valence-electron chi connectivity index (χ2n) is 5.76. The van der Waals surface area contributed by atoms with Gasteiger partial charge in [-0.1, -0.05) is 13.3 Å². The number of unbranched alkanes of at least 4 members (excludes halogenated alkanes) is 1. The van der Waals surface area contributed by atoms with Gasteiger partial charge in [0, 0.05) is 39.8 Å². The molecule has 0 aliphatic carbocycles. The molecule has 132 valence electrons. The number of piperazine rings is 1. The summed E-state index contributed by atoms with van der Waals surface area (Å²) in [6.45, 7) is 7.87. The molecule has 0 radical (unpaired) electrons. The SMILES string of the molecule is CCCCNC(=O)CN1CCN([C@H](C)C(=O)NC(=O)NC)CC1. The first-order chi connectivity index (χ1) is 11.0. The molecule has 3 N–H and O–H groups in total. The lowest BCUT2D eigenvalue weighted by atomic mass is 10.2. The molecule has 1 aliphatic heterocycles. The zero-order valence-electron chi connectivity index (χ0n) is 14.4. The van der Waals surface area contributed by atoms with Gasteiger partial charge in [0.15, 0.2) is 0 Å². The van der Waals surface area contributed by atoms with Crippen molar-refractivity contribution in [1.29, 1.82) is 0 Å². The maximum absolute atomic E-state index is 11.9. The molecule has 1 heterocycles. The van der Waals surface area contributed by atoms with Crippen molar-refractivity contribution in [3.05, 3.63) is 0 Å². The largest absolute Gasteiger partial charge is 0.355 e. The van der Waals surface area contributed by atoms with Crippen molar-refractivity contribution in [1.82, 2.24) is 25.8 Å². The van der Waals surface area contributed by atoms with Gasteiger partial charge in [-0.3, -0.25) is 24.7 Å². The summed E-state index contributed by atoms with van der Waals surface area (Å²) >= 11 is 0. The normalized spacial score (nSPS) is 17.3. The van der Waals surface area contributed by atoms with E-state index in [0.717, 1.165) is 32.5 Å². The van der Waals surface area contributed by atoms with E-state index in [9.17, 15) is 14.4 Å². The van der Waals surface area contributed by atoms with Gasteiger partial charge in [-0.05, 0) is 13.3 Å². The predicted molar refractivity (Wildman–Crippen MR) is 88.0 cm³/mol. The molecule has 8 nitrogen and oxygen atoms in total. The number of amides is 4. The maximum Gasteiger partial charge on any atom is 0.321 e. The smallest absolute Gasteiger partial charge is 0.321 e. The molecule has 1 atom stereocenters. The van der Waals surface area contributed by atoms with E-state index in [1.807, 2.05) is 4.90 Å². The number of nitrogens with one attached hydrogen (secondary N) is 3. The Morgan fingerprint density at radius 1 is 1.13 bits per heavy atom. The van der Waals surface area contributed by atoms with Gasteiger partial charge in [-0.15, -0.1) is 0 Å². The number of hydrogen-bond acceptors (Lipinski definition) is 5.